The zero-order chi connectivity index (χ0) is 19.8. The summed E-state index contributed by atoms with van der Waals surface area (Å²) >= 11 is 0. The molecule has 2 aromatic heterocycles. The highest BCUT2D eigenvalue weighted by Gasteiger charge is 2.32. The molecule has 0 bridgehead atoms. The second kappa shape index (κ2) is 6.62. The summed E-state index contributed by atoms with van der Waals surface area (Å²) in [6.45, 7) is 0.139. The van der Waals surface area contributed by atoms with Gasteiger partial charge in [-0.2, -0.15) is 0 Å². The SMILES string of the molecule is Nc1c2c(cc(=O)n1-c1cc(F)ccc1OCc1ccncc1)C(=O)NC2=O. The summed E-state index contributed by atoms with van der Waals surface area (Å²) in [6, 6.07) is 8.08. The lowest BCUT2D eigenvalue weighted by molar-refractivity contribution is 0.0880. The molecule has 0 radical (unpaired) electrons. The molecular formula is C19H13FN4O4. The van der Waals surface area contributed by atoms with Crippen molar-refractivity contribution in [3.63, 3.8) is 0 Å². The number of carbonyl (C=O) groups excluding carboxylic acids is 2. The fourth-order valence-electron chi connectivity index (χ4n) is 2.96. The van der Waals surface area contributed by atoms with Crippen molar-refractivity contribution in [2.45, 2.75) is 6.61 Å². The molecule has 0 saturated carbocycles. The van der Waals surface area contributed by atoms with Gasteiger partial charge in [0.25, 0.3) is 17.4 Å². The summed E-state index contributed by atoms with van der Waals surface area (Å²) in [7, 11) is 0. The number of hydrogen-bond acceptors (Lipinski definition) is 6. The van der Waals surface area contributed by atoms with E-state index in [9.17, 15) is 18.8 Å². The second-order valence-corrected chi connectivity index (χ2v) is 6.03. The average molecular weight is 380 g/mol. The predicted octanol–water partition coefficient (Wildman–Crippen LogP) is 1.42. The van der Waals surface area contributed by atoms with Crippen LogP contribution in [0.25, 0.3) is 5.69 Å². The first-order chi connectivity index (χ1) is 13.5. The van der Waals surface area contributed by atoms with E-state index in [2.05, 4.69) is 10.3 Å². The lowest BCUT2D eigenvalue weighted by Gasteiger charge is -2.16. The molecule has 8 nitrogen and oxygen atoms in total. The Labute approximate surface area is 157 Å². The van der Waals surface area contributed by atoms with Crippen LogP contribution in [0.3, 0.4) is 0 Å². The highest BCUT2D eigenvalue weighted by molar-refractivity contribution is 6.23. The molecule has 0 aliphatic carbocycles. The van der Waals surface area contributed by atoms with Gasteiger partial charge in [-0.3, -0.25) is 29.3 Å². The van der Waals surface area contributed by atoms with Gasteiger partial charge in [-0.25, -0.2) is 4.39 Å². The summed E-state index contributed by atoms with van der Waals surface area (Å²) in [4.78, 5) is 40.3. The Morgan fingerprint density at radius 1 is 1.07 bits per heavy atom. The molecule has 0 fully saturated rings. The van der Waals surface area contributed by atoms with Crippen LogP contribution >= 0.6 is 0 Å². The number of nitrogens with one attached hydrogen (secondary N) is 1. The van der Waals surface area contributed by atoms with Gasteiger partial charge < -0.3 is 10.5 Å². The number of imide groups is 1. The van der Waals surface area contributed by atoms with Crippen molar-refractivity contribution in [3.8, 4) is 11.4 Å². The molecule has 0 spiro atoms. The number of nitrogens with two attached hydrogens (primary N) is 1. The van der Waals surface area contributed by atoms with E-state index in [1.165, 1.54) is 12.1 Å². The van der Waals surface area contributed by atoms with E-state index in [-0.39, 0.29) is 35.0 Å². The quantitative estimate of drug-likeness (QED) is 0.661. The number of pyridine rings is 2. The number of carbonyl (C=O) groups is 2. The summed E-state index contributed by atoms with van der Waals surface area (Å²) in [6.07, 6.45) is 3.20. The van der Waals surface area contributed by atoms with Crippen molar-refractivity contribution in [1.82, 2.24) is 14.9 Å². The Morgan fingerprint density at radius 3 is 2.57 bits per heavy atom. The van der Waals surface area contributed by atoms with Crippen LogP contribution in [0.4, 0.5) is 10.2 Å². The minimum Gasteiger partial charge on any atom is -0.487 e. The molecule has 3 heterocycles. The molecule has 140 valence electrons. The lowest BCUT2D eigenvalue weighted by Crippen LogP contribution is -2.24. The van der Waals surface area contributed by atoms with Crippen LogP contribution in [-0.4, -0.2) is 21.4 Å². The minimum atomic E-state index is -0.720. The molecular weight excluding hydrogens is 367 g/mol. The van der Waals surface area contributed by atoms with E-state index in [4.69, 9.17) is 10.5 Å². The van der Waals surface area contributed by atoms with Gasteiger partial charge in [-0.15, -0.1) is 0 Å². The standard InChI is InChI=1S/C19H13FN4O4/c20-11-1-2-14(28-9-10-3-5-22-6-4-10)13(7-11)24-15(25)8-12-16(17(24)21)19(27)23-18(12)26/h1-8H,9,21H2,(H,23,26,27). The first-order valence-electron chi connectivity index (χ1n) is 8.18. The second-order valence-electron chi connectivity index (χ2n) is 6.03. The number of anilines is 1. The van der Waals surface area contributed by atoms with Gasteiger partial charge in [-0.1, -0.05) is 0 Å². The monoisotopic (exact) mass is 380 g/mol. The maximum Gasteiger partial charge on any atom is 0.262 e. The average Bonchev–Trinajstić information content (AvgIpc) is 2.95. The first kappa shape index (κ1) is 17.4. The Morgan fingerprint density at radius 2 is 1.82 bits per heavy atom. The van der Waals surface area contributed by atoms with Crippen molar-refractivity contribution in [2.75, 3.05) is 5.73 Å². The van der Waals surface area contributed by atoms with E-state index in [1.54, 1.807) is 24.5 Å². The molecule has 3 N–H and O–H groups in total. The van der Waals surface area contributed by atoms with Gasteiger partial charge in [0, 0.05) is 24.5 Å². The van der Waals surface area contributed by atoms with Gasteiger partial charge in [0.2, 0.25) is 0 Å². The van der Waals surface area contributed by atoms with Crippen LogP contribution < -0.4 is 21.3 Å². The van der Waals surface area contributed by atoms with Gasteiger partial charge in [0.05, 0.1) is 16.8 Å². The molecule has 4 rings (SSSR count). The Balaban J connectivity index is 1.83. The zero-order valence-electron chi connectivity index (χ0n) is 14.3. The fourth-order valence-corrected chi connectivity index (χ4v) is 2.96. The number of hydrogen-bond donors (Lipinski definition) is 2. The molecule has 1 aromatic carbocycles. The molecule has 0 saturated heterocycles. The van der Waals surface area contributed by atoms with Crippen molar-refractivity contribution in [1.29, 1.82) is 0 Å². The van der Waals surface area contributed by atoms with Crippen LogP contribution in [0.15, 0.2) is 53.6 Å². The first-order valence-corrected chi connectivity index (χ1v) is 8.18. The van der Waals surface area contributed by atoms with Crippen LogP contribution in [0.2, 0.25) is 0 Å². The lowest BCUT2D eigenvalue weighted by atomic mass is 10.1. The van der Waals surface area contributed by atoms with Gasteiger partial charge in [0.15, 0.2) is 0 Å². The Bertz CT molecular complexity index is 1170. The van der Waals surface area contributed by atoms with Crippen molar-refractivity contribution in [3.05, 3.63) is 81.7 Å². The fraction of sp³-hybridized carbons (Fsp3) is 0.0526. The number of amides is 2. The van der Waals surface area contributed by atoms with E-state index in [1.807, 2.05) is 0 Å². The molecule has 0 atom stereocenters. The number of halogens is 1. The number of nitrogens with zero attached hydrogens (tertiary/aromatic N) is 2. The van der Waals surface area contributed by atoms with Crippen LogP contribution in [0.1, 0.15) is 26.3 Å². The number of fused-ring (bicyclic) bond motifs is 1. The molecule has 0 unspecified atom stereocenters. The van der Waals surface area contributed by atoms with Crippen molar-refractivity contribution < 1.29 is 18.7 Å². The normalized spacial score (nSPS) is 12.6. The number of benzene rings is 1. The van der Waals surface area contributed by atoms with Crippen LogP contribution in [0, 0.1) is 5.82 Å². The molecule has 1 aliphatic heterocycles. The Kier molecular flexibility index (Phi) is 4.11. The highest BCUT2D eigenvalue weighted by Crippen LogP contribution is 2.29. The molecule has 28 heavy (non-hydrogen) atoms. The summed E-state index contributed by atoms with van der Waals surface area (Å²) in [5.41, 5.74) is 5.90. The largest absolute Gasteiger partial charge is 0.487 e. The van der Waals surface area contributed by atoms with Crippen LogP contribution in [-0.2, 0) is 6.61 Å². The predicted molar refractivity (Wildman–Crippen MR) is 96.8 cm³/mol. The molecule has 1 aliphatic rings. The highest BCUT2D eigenvalue weighted by atomic mass is 19.1. The Hall–Kier alpha value is -4.01. The van der Waals surface area contributed by atoms with E-state index in [0.29, 0.717) is 0 Å². The summed E-state index contributed by atoms with van der Waals surface area (Å²) < 4.78 is 20.6. The van der Waals surface area contributed by atoms with E-state index < -0.39 is 23.2 Å². The number of rotatable bonds is 4. The zero-order valence-corrected chi connectivity index (χ0v) is 14.3. The number of aromatic nitrogens is 2. The number of ether oxygens (including phenoxy) is 1. The maximum atomic E-state index is 13.9. The van der Waals surface area contributed by atoms with Crippen LogP contribution in [0.5, 0.6) is 5.75 Å². The minimum absolute atomic E-state index is 0.0199. The van der Waals surface area contributed by atoms with E-state index in [0.717, 1.165) is 22.3 Å². The summed E-state index contributed by atoms with van der Waals surface area (Å²) in [5.74, 6) is -2.15. The van der Waals surface area contributed by atoms with Gasteiger partial charge in [-0.05, 0) is 29.8 Å². The third-order valence-electron chi connectivity index (χ3n) is 4.26. The summed E-state index contributed by atoms with van der Waals surface area (Å²) in [5, 5.41) is 2.08. The van der Waals surface area contributed by atoms with E-state index >= 15 is 0 Å². The molecule has 2 amide bonds. The third kappa shape index (κ3) is 2.88. The topological polar surface area (TPSA) is 116 Å². The molecule has 3 aromatic rings. The molecule has 9 heteroatoms. The van der Waals surface area contributed by atoms with Gasteiger partial charge >= 0.3 is 0 Å². The third-order valence-corrected chi connectivity index (χ3v) is 4.26. The number of nitrogen functional groups attached to an aromatic ring is 1. The van der Waals surface area contributed by atoms with Crippen molar-refractivity contribution in [2.24, 2.45) is 0 Å². The maximum absolute atomic E-state index is 13.9. The van der Waals surface area contributed by atoms with Crippen molar-refractivity contribution >= 4 is 17.6 Å². The smallest absolute Gasteiger partial charge is 0.262 e. The van der Waals surface area contributed by atoms with Gasteiger partial charge in [0.1, 0.15) is 24.0 Å².